The minimum atomic E-state index is -1.35. The number of nitrogens with one attached hydrogen (secondary N) is 2. The van der Waals surface area contributed by atoms with Crippen molar-refractivity contribution < 1.29 is 76.6 Å². The predicted octanol–water partition coefficient (Wildman–Crippen LogP) is -1.07. The number of nitrogens with zero attached hydrogens (tertiary/aromatic N) is 4. The zero-order valence-electron chi connectivity index (χ0n) is 30.0. The van der Waals surface area contributed by atoms with Gasteiger partial charge >= 0.3 is 24.1 Å². The second kappa shape index (κ2) is 18.3. The Morgan fingerprint density at radius 1 is 0.741 bits per heavy atom. The molecule has 26 heteroatoms. The van der Waals surface area contributed by atoms with Gasteiger partial charge in [0.1, 0.15) is 61.7 Å². The number of fused-ring (bicyclic) bond motifs is 2. The van der Waals surface area contributed by atoms with Gasteiger partial charge in [-0.3, -0.25) is 29.0 Å². The van der Waals surface area contributed by atoms with E-state index in [0.29, 0.717) is 0 Å². The second-order valence-corrected chi connectivity index (χ2v) is 13.9. The Kier molecular flexibility index (Phi) is 13.3. The summed E-state index contributed by atoms with van der Waals surface area (Å²) in [6, 6.07) is 4.16. The molecule has 0 aromatic carbocycles. The van der Waals surface area contributed by atoms with Gasteiger partial charge in [-0.25, -0.2) is 19.2 Å². The summed E-state index contributed by atoms with van der Waals surface area (Å²) in [7, 11) is 2.51. The summed E-state index contributed by atoms with van der Waals surface area (Å²) in [5.41, 5.74) is 9.35. The minimum absolute atomic E-state index is 0.140. The van der Waals surface area contributed by atoms with Crippen molar-refractivity contribution in [1.29, 1.82) is 0 Å². The molecule has 6 amide bonds. The fourth-order valence-corrected chi connectivity index (χ4v) is 8.38. The quantitative estimate of drug-likeness (QED) is 0.0748. The van der Waals surface area contributed by atoms with Crippen LogP contribution in [0.5, 0.6) is 0 Å². The number of thioether (sulfide) groups is 2. The third-order valence-electron chi connectivity index (χ3n) is 8.15. The molecule has 0 unspecified atom stereocenters. The number of β-lactam (4-membered cyclic amide) rings is 2. The van der Waals surface area contributed by atoms with Gasteiger partial charge < -0.3 is 60.3 Å². The summed E-state index contributed by atoms with van der Waals surface area (Å²) in [5, 5.41) is 30.0. The van der Waals surface area contributed by atoms with Crippen LogP contribution in [-0.2, 0) is 47.9 Å². The smallest absolute Gasteiger partial charge is 0.404 e. The van der Waals surface area contributed by atoms with Crippen molar-refractivity contribution in [1.82, 2.24) is 20.4 Å². The summed E-state index contributed by atoms with van der Waals surface area (Å²) >= 11 is 2.43. The molecule has 2 aromatic rings. The fraction of sp³-hybridized carbons (Fsp3) is 0.312. The topological polar surface area (TPSA) is 348 Å². The van der Waals surface area contributed by atoms with Crippen molar-refractivity contribution in [2.45, 2.75) is 22.8 Å². The number of oxime groups is 2. The Morgan fingerprint density at radius 2 is 1.12 bits per heavy atom. The number of furan rings is 2. The third kappa shape index (κ3) is 8.86. The molecule has 8 N–H and O–H groups in total. The molecular formula is C32H32N8O16S2. The number of rotatable bonds is 14. The number of hydrogen-bond acceptors (Lipinski definition) is 18. The van der Waals surface area contributed by atoms with Crippen molar-refractivity contribution in [3.8, 4) is 0 Å². The van der Waals surface area contributed by atoms with Crippen LogP contribution in [0.1, 0.15) is 11.5 Å². The first-order chi connectivity index (χ1) is 27.7. The Labute approximate surface area is 333 Å². The van der Waals surface area contributed by atoms with Gasteiger partial charge in [0.25, 0.3) is 23.6 Å². The van der Waals surface area contributed by atoms with Gasteiger partial charge in [-0.1, -0.05) is 10.3 Å². The summed E-state index contributed by atoms with van der Waals surface area (Å²) in [6.45, 7) is -0.693. The summed E-state index contributed by atoms with van der Waals surface area (Å²) in [6.07, 6.45) is 0.580. The van der Waals surface area contributed by atoms with E-state index >= 15 is 0 Å². The van der Waals surface area contributed by atoms with E-state index < -0.39 is 70.6 Å². The highest BCUT2D eigenvalue weighted by atomic mass is 32.2. The lowest BCUT2D eigenvalue weighted by atomic mass is 10.0. The lowest BCUT2D eigenvalue weighted by Gasteiger charge is -2.49. The Balaban J connectivity index is 0.000000221. The van der Waals surface area contributed by atoms with Gasteiger partial charge in [-0.05, 0) is 24.3 Å². The lowest BCUT2D eigenvalue weighted by Crippen LogP contribution is -2.71. The van der Waals surface area contributed by atoms with Gasteiger partial charge in [-0.2, -0.15) is 0 Å². The number of aliphatic carboxylic acids is 2. The normalized spacial score (nSPS) is 21.2. The van der Waals surface area contributed by atoms with E-state index in [1.54, 1.807) is 12.1 Å². The molecule has 2 saturated heterocycles. The average Bonchev–Trinajstić information content (AvgIpc) is 3.93. The Bertz CT molecular complexity index is 1970. The van der Waals surface area contributed by atoms with Crippen LogP contribution >= 0.6 is 23.5 Å². The number of carbonyl (C=O) groups is 8. The van der Waals surface area contributed by atoms with Crippen molar-refractivity contribution >= 4 is 82.7 Å². The van der Waals surface area contributed by atoms with Crippen LogP contribution < -0.4 is 22.1 Å². The number of carboxylic acid groups (broad SMARTS) is 2. The average molecular weight is 849 g/mol. The summed E-state index contributed by atoms with van der Waals surface area (Å²) < 4.78 is 19.6. The second-order valence-electron chi connectivity index (χ2n) is 11.7. The summed E-state index contributed by atoms with van der Waals surface area (Å²) in [4.78, 5) is 107. The van der Waals surface area contributed by atoms with Gasteiger partial charge in [0.15, 0.2) is 11.5 Å². The summed E-state index contributed by atoms with van der Waals surface area (Å²) in [5.74, 6) is -4.76. The molecule has 0 radical (unpaired) electrons. The third-order valence-corrected chi connectivity index (χ3v) is 10.8. The van der Waals surface area contributed by atoms with Crippen LogP contribution in [0.4, 0.5) is 9.59 Å². The molecule has 58 heavy (non-hydrogen) atoms. The Morgan fingerprint density at radius 3 is 1.41 bits per heavy atom. The fourth-order valence-electron chi connectivity index (χ4n) is 5.73. The van der Waals surface area contributed by atoms with E-state index in [1.165, 1.54) is 62.4 Å². The van der Waals surface area contributed by atoms with E-state index in [9.17, 15) is 48.6 Å². The largest absolute Gasteiger partial charge is 0.477 e. The zero-order chi connectivity index (χ0) is 42.3. The van der Waals surface area contributed by atoms with E-state index in [2.05, 4.69) is 40.1 Å². The molecule has 2 aromatic heterocycles. The van der Waals surface area contributed by atoms with Crippen molar-refractivity contribution in [2.75, 3.05) is 38.9 Å². The number of carbonyl (C=O) groups excluding carboxylic acids is 6. The highest BCUT2D eigenvalue weighted by Gasteiger charge is 2.56. The van der Waals surface area contributed by atoms with Crippen LogP contribution in [0.15, 0.2) is 78.5 Å². The van der Waals surface area contributed by atoms with Gasteiger partial charge in [-0.15, -0.1) is 23.5 Å². The van der Waals surface area contributed by atoms with Crippen molar-refractivity contribution in [2.24, 2.45) is 21.8 Å². The van der Waals surface area contributed by atoms with E-state index in [0.717, 1.165) is 9.80 Å². The monoisotopic (exact) mass is 848 g/mol. The maximum Gasteiger partial charge on any atom is 0.404 e. The van der Waals surface area contributed by atoms with E-state index in [-0.39, 0.29) is 70.2 Å². The molecule has 24 nitrogen and oxygen atoms in total. The van der Waals surface area contributed by atoms with Crippen LogP contribution in [0.3, 0.4) is 0 Å². The van der Waals surface area contributed by atoms with Crippen LogP contribution in [0, 0.1) is 0 Å². The molecule has 0 spiro atoms. The molecule has 4 atom stereocenters. The zero-order valence-corrected chi connectivity index (χ0v) is 31.6. The number of nitrogens with two attached hydrogens (primary N) is 2. The van der Waals surface area contributed by atoms with Gasteiger partial charge in [0.05, 0.1) is 12.5 Å². The first-order valence-corrected chi connectivity index (χ1v) is 18.4. The van der Waals surface area contributed by atoms with E-state index in [1.807, 2.05) is 0 Å². The highest BCUT2D eigenvalue weighted by molar-refractivity contribution is 8.00. The van der Waals surface area contributed by atoms with E-state index in [4.69, 9.17) is 20.3 Å². The molecule has 308 valence electrons. The van der Waals surface area contributed by atoms with Crippen LogP contribution in [-0.4, -0.2) is 141 Å². The number of amides is 6. The number of carboxylic acids is 2. The molecule has 4 aliphatic rings. The minimum Gasteiger partial charge on any atom is -0.477 e. The SMILES string of the molecule is CO/N=C(\C(=O)N[C@@H]1C(=O)N2C(C(=O)O)=C(COC(N)=O)CS[C@H]12)c1ccco1.CO/N=C(\C(=O)N[C@@H]1C(=O)N2C(C(=O)O)=C(COC(N)=O)CS[C@H]12)c1ccco1. The Hall–Kier alpha value is -6.96. The maximum atomic E-state index is 12.6. The molecule has 6 rings (SSSR count). The van der Waals surface area contributed by atoms with Gasteiger partial charge in [0, 0.05) is 22.7 Å². The number of primary amides is 2. The van der Waals surface area contributed by atoms with Crippen molar-refractivity contribution in [3.05, 3.63) is 70.9 Å². The number of hydrogen-bond donors (Lipinski definition) is 6. The molecule has 0 aliphatic carbocycles. The first kappa shape index (κ1) is 42.2. The molecule has 4 aliphatic heterocycles. The molecular weight excluding hydrogens is 817 g/mol. The molecule has 2 fully saturated rings. The van der Waals surface area contributed by atoms with Gasteiger partial charge in [0.2, 0.25) is 11.4 Å². The van der Waals surface area contributed by atoms with Crippen LogP contribution in [0.25, 0.3) is 0 Å². The predicted molar refractivity (Wildman–Crippen MR) is 195 cm³/mol. The first-order valence-electron chi connectivity index (χ1n) is 16.3. The highest BCUT2D eigenvalue weighted by Crippen LogP contribution is 2.41. The molecule has 6 heterocycles. The molecule has 0 bridgehead atoms. The number of ether oxygens (including phenoxy) is 2. The molecule has 0 saturated carbocycles. The maximum absolute atomic E-state index is 12.6. The lowest BCUT2D eigenvalue weighted by molar-refractivity contribution is -0.150. The van der Waals surface area contributed by atoms with Crippen LogP contribution in [0.2, 0.25) is 0 Å². The standard InChI is InChI=1S/2C16H16N4O8S/c2*1-26-19-9(8-3-2-4-27-8)12(21)18-10-13(22)20-11(15(23)24)7(5-28-16(17)25)6-29-14(10)20/h2*2-4,10,14H,5-6H2,1H3,(H2,17,25)(H,18,21)(H,23,24)/b2*19-9-/t2*10-,14-/m11/s1. The van der Waals surface area contributed by atoms with Crippen molar-refractivity contribution in [3.63, 3.8) is 0 Å².